The van der Waals surface area contributed by atoms with Crippen molar-refractivity contribution >= 4 is 23.6 Å². The third kappa shape index (κ3) is 3.87. The molecule has 1 amide bonds. The van der Waals surface area contributed by atoms with E-state index in [0.717, 1.165) is 22.8 Å². The molecule has 0 bridgehead atoms. The van der Waals surface area contributed by atoms with Crippen molar-refractivity contribution in [3.8, 4) is 5.69 Å². The molecule has 1 N–H and O–H groups in total. The molecule has 2 aromatic rings. The van der Waals surface area contributed by atoms with Crippen LogP contribution < -0.4 is 0 Å². The number of rotatable bonds is 4. The van der Waals surface area contributed by atoms with Crippen LogP contribution in [-0.2, 0) is 4.79 Å². The fraction of sp³-hybridized carbons (Fsp3) is 0.389. The molecule has 1 fully saturated rings. The molecule has 1 aliphatic rings. The topological polar surface area (TPSA) is 75.4 Å². The van der Waals surface area contributed by atoms with Crippen molar-refractivity contribution in [1.29, 1.82) is 0 Å². The van der Waals surface area contributed by atoms with Crippen LogP contribution in [0.25, 0.3) is 5.69 Å². The Labute approximate surface area is 150 Å². The first-order chi connectivity index (χ1) is 12.0. The number of carboxylic acids is 1. The van der Waals surface area contributed by atoms with Crippen LogP contribution in [-0.4, -0.2) is 55.8 Å². The Kier molecular flexibility index (Phi) is 5.13. The Balaban J connectivity index is 1.80. The number of carbonyl (C=O) groups is 2. The summed E-state index contributed by atoms with van der Waals surface area (Å²) < 4.78 is 1.84. The van der Waals surface area contributed by atoms with E-state index in [4.69, 9.17) is 5.11 Å². The predicted octanol–water partition coefficient (Wildman–Crippen LogP) is 2.52. The lowest BCUT2D eigenvalue weighted by Gasteiger charge is -2.34. The van der Waals surface area contributed by atoms with Crippen LogP contribution in [0.4, 0.5) is 0 Å². The van der Waals surface area contributed by atoms with Crippen LogP contribution in [0.5, 0.6) is 0 Å². The third-order valence-electron chi connectivity index (χ3n) is 4.27. The van der Waals surface area contributed by atoms with Crippen molar-refractivity contribution in [1.82, 2.24) is 14.7 Å². The summed E-state index contributed by atoms with van der Waals surface area (Å²) in [6.45, 7) is 4.51. The number of aryl methyl sites for hydroxylation is 2. The zero-order valence-corrected chi connectivity index (χ0v) is 15.1. The van der Waals surface area contributed by atoms with E-state index in [9.17, 15) is 9.59 Å². The van der Waals surface area contributed by atoms with Gasteiger partial charge in [-0.25, -0.2) is 4.68 Å². The van der Waals surface area contributed by atoms with Crippen molar-refractivity contribution in [2.75, 3.05) is 18.1 Å². The van der Waals surface area contributed by atoms with Gasteiger partial charge in [0, 0.05) is 29.3 Å². The number of aliphatic carboxylic acids is 1. The number of hydrogen-bond acceptors (Lipinski definition) is 4. The maximum absolute atomic E-state index is 12.8. The van der Waals surface area contributed by atoms with Crippen LogP contribution >= 0.6 is 11.8 Å². The smallest absolute Gasteiger partial charge is 0.305 e. The second-order valence-corrected chi connectivity index (χ2v) is 7.36. The molecule has 1 aromatic carbocycles. The van der Waals surface area contributed by atoms with Gasteiger partial charge >= 0.3 is 5.97 Å². The van der Waals surface area contributed by atoms with E-state index in [1.165, 1.54) is 0 Å². The number of hydrogen-bond donors (Lipinski definition) is 1. The van der Waals surface area contributed by atoms with Gasteiger partial charge in [0.05, 0.1) is 23.8 Å². The van der Waals surface area contributed by atoms with Gasteiger partial charge < -0.3 is 10.0 Å². The maximum atomic E-state index is 12.8. The summed E-state index contributed by atoms with van der Waals surface area (Å²) in [6.07, 6.45) is -0.0113. The molecule has 25 heavy (non-hydrogen) atoms. The quantitative estimate of drug-likeness (QED) is 0.908. The second kappa shape index (κ2) is 7.31. The highest BCUT2D eigenvalue weighted by molar-refractivity contribution is 7.99. The molecule has 0 saturated carbocycles. The van der Waals surface area contributed by atoms with Crippen molar-refractivity contribution in [2.24, 2.45) is 0 Å². The Bertz CT molecular complexity index is 785. The number of nitrogens with zero attached hydrogens (tertiary/aromatic N) is 3. The first-order valence-electron chi connectivity index (χ1n) is 8.20. The van der Waals surface area contributed by atoms with Crippen LogP contribution in [0.15, 0.2) is 30.3 Å². The Morgan fingerprint density at radius 2 is 2.00 bits per heavy atom. The van der Waals surface area contributed by atoms with E-state index in [1.54, 1.807) is 28.8 Å². The SMILES string of the molecule is Cc1cc(C)n(-c2ccc(C(=O)N3CCSCC3CC(=O)O)cc2)n1. The number of thioether (sulfide) groups is 1. The fourth-order valence-corrected chi connectivity index (χ4v) is 4.16. The lowest BCUT2D eigenvalue weighted by atomic mass is 10.1. The predicted molar refractivity (Wildman–Crippen MR) is 97.4 cm³/mol. The molecular weight excluding hydrogens is 338 g/mol. The van der Waals surface area contributed by atoms with Crippen LogP contribution in [0.3, 0.4) is 0 Å². The van der Waals surface area contributed by atoms with E-state index in [1.807, 2.05) is 36.7 Å². The van der Waals surface area contributed by atoms with Gasteiger partial charge in [0.25, 0.3) is 5.91 Å². The molecule has 6 nitrogen and oxygen atoms in total. The normalized spacial score (nSPS) is 17.5. The molecule has 1 aliphatic heterocycles. The van der Waals surface area contributed by atoms with E-state index in [0.29, 0.717) is 17.9 Å². The molecule has 0 spiro atoms. The number of amides is 1. The Morgan fingerprint density at radius 3 is 2.60 bits per heavy atom. The summed E-state index contributed by atoms with van der Waals surface area (Å²) in [7, 11) is 0. The van der Waals surface area contributed by atoms with Crippen molar-refractivity contribution < 1.29 is 14.7 Å². The fourth-order valence-electron chi connectivity index (χ4n) is 3.09. The molecule has 7 heteroatoms. The molecule has 0 radical (unpaired) electrons. The standard InChI is InChI=1S/C18H21N3O3S/c1-12-9-13(2)21(19-12)15-5-3-14(4-6-15)18(24)20-7-8-25-11-16(20)10-17(22)23/h3-6,9,16H,7-8,10-11H2,1-2H3,(H,22,23). The van der Waals surface area contributed by atoms with Gasteiger partial charge in [0.1, 0.15) is 0 Å². The van der Waals surface area contributed by atoms with Crippen molar-refractivity contribution in [2.45, 2.75) is 26.3 Å². The minimum Gasteiger partial charge on any atom is -0.481 e. The average molecular weight is 359 g/mol. The number of carbonyl (C=O) groups excluding carboxylic acids is 1. The van der Waals surface area contributed by atoms with Gasteiger partial charge in [-0.2, -0.15) is 16.9 Å². The second-order valence-electron chi connectivity index (χ2n) is 6.21. The summed E-state index contributed by atoms with van der Waals surface area (Å²) in [4.78, 5) is 25.6. The molecule has 3 rings (SSSR count). The third-order valence-corrected chi connectivity index (χ3v) is 5.36. The van der Waals surface area contributed by atoms with Crippen molar-refractivity contribution in [3.05, 3.63) is 47.3 Å². The van der Waals surface area contributed by atoms with Gasteiger partial charge in [-0.1, -0.05) is 0 Å². The number of benzene rings is 1. The molecular formula is C18H21N3O3S. The molecule has 1 atom stereocenters. The molecule has 2 heterocycles. The summed E-state index contributed by atoms with van der Waals surface area (Å²) in [6, 6.07) is 9.07. The van der Waals surface area contributed by atoms with Gasteiger partial charge in [0.2, 0.25) is 0 Å². The lowest BCUT2D eigenvalue weighted by Crippen LogP contribution is -2.47. The molecule has 1 saturated heterocycles. The molecule has 1 aromatic heterocycles. The molecule has 132 valence electrons. The van der Waals surface area contributed by atoms with Gasteiger partial charge in [-0.3, -0.25) is 9.59 Å². The summed E-state index contributed by atoms with van der Waals surface area (Å²) in [5, 5.41) is 13.5. The highest BCUT2D eigenvalue weighted by Crippen LogP contribution is 2.22. The van der Waals surface area contributed by atoms with Crippen molar-refractivity contribution in [3.63, 3.8) is 0 Å². The zero-order valence-electron chi connectivity index (χ0n) is 14.3. The summed E-state index contributed by atoms with van der Waals surface area (Å²) in [5.74, 6) is 0.532. The van der Waals surface area contributed by atoms with Gasteiger partial charge in [-0.15, -0.1) is 0 Å². The van der Waals surface area contributed by atoms with E-state index < -0.39 is 5.97 Å². The van der Waals surface area contributed by atoms with E-state index in [-0.39, 0.29) is 18.4 Å². The lowest BCUT2D eigenvalue weighted by molar-refractivity contribution is -0.138. The zero-order chi connectivity index (χ0) is 18.0. The summed E-state index contributed by atoms with van der Waals surface area (Å²) >= 11 is 1.70. The molecule has 1 unspecified atom stereocenters. The number of aromatic nitrogens is 2. The van der Waals surface area contributed by atoms with E-state index >= 15 is 0 Å². The van der Waals surface area contributed by atoms with Gasteiger partial charge in [0.15, 0.2) is 0 Å². The minimum atomic E-state index is -0.870. The minimum absolute atomic E-state index is 0.0113. The van der Waals surface area contributed by atoms with Crippen LogP contribution in [0.2, 0.25) is 0 Å². The van der Waals surface area contributed by atoms with E-state index in [2.05, 4.69) is 5.10 Å². The van der Waals surface area contributed by atoms with Crippen LogP contribution in [0, 0.1) is 13.8 Å². The van der Waals surface area contributed by atoms with Crippen LogP contribution in [0.1, 0.15) is 28.2 Å². The highest BCUT2D eigenvalue weighted by atomic mass is 32.2. The molecule has 0 aliphatic carbocycles. The first kappa shape index (κ1) is 17.5. The highest BCUT2D eigenvalue weighted by Gasteiger charge is 2.29. The summed E-state index contributed by atoms with van der Waals surface area (Å²) in [5.41, 5.74) is 3.46. The average Bonchev–Trinajstić information content (AvgIpc) is 2.93. The monoisotopic (exact) mass is 359 g/mol. The Hall–Kier alpha value is -2.28. The Morgan fingerprint density at radius 1 is 1.28 bits per heavy atom. The maximum Gasteiger partial charge on any atom is 0.305 e. The number of carboxylic acid groups (broad SMARTS) is 1. The largest absolute Gasteiger partial charge is 0.481 e. The van der Waals surface area contributed by atoms with Gasteiger partial charge in [-0.05, 0) is 44.2 Å². The first-order valence-corrected chi connectivity index (χ1v) is 9.35.